The first-order chi connectivity index (χ1) is 11.3. The van der Waals surface area contributed by atoms with Crippen molar-refractivity contribution in [1.29, 1.82) is 0 Å². The summed E-state index contributed by atoms with van der Waals surface area (Å²) in [4.78, 5) is 11.9. The summed E-state index contributed by atoms with van der Waals surface area (Å²) in [5, 5.41) is 6.34. The highest BCUT2D eigenvalue weighted by Crippen LogP contribution is 2.30. The number of benzene rings is 1. The van der Waals surface area contributed by atoms with Crippen LogP contribution in [0.25, 0.3) is 5.69 Å². The highest BCUT2D eigenvalue weighted by atomic mass is 35.5. The lowest BCUT2D eigenvalue weighted by atomic mass is 10.2. The Labute approximate surface area is 153 Å². The van der Waals surface area contributed by atoms with Crippen LogP contribution < -0.4 is 11.1 Å². The van der Waals surface area contributed by atoms with Gasteiger partial charge in [0.2, 0.25) is 5.91 Å². The zero-order valence-corrected chi connectivity index (χ0v) is 14.9. The molecule has 0 fully saturated rings. The molecule has 1 aromatic carbocycles. The van der Waals surface area contributed by atoms with Crippen molar-refractivity contribution in [3.8, 4) is 5.69 Å². The molecule has 3 N–H and O–H groups in total. The van der Waals surface area contributed by atoms with Crippen molar-refractivity contribution in [2.45, 2.75) is 18.6 Å². The van der Waals surface area contributed by atoms with E-state index in [0.29, 0.717) is 12.1 Å². The molecule has 0 spiro atoms. The van der Waals surface area contributed by atoms with Gasteiger partial charge in [-0.1, -0.05) is 0 Å². The van der Waals surface area contributed by atoms with Crippen LogP contribution in [0.4, 0.5) is 18.9 Å². The number of hydrogen-bond acceptors (Lipinski definition) is 4. The molecule has 10 heteroatoms. The van der Waals surface area contributed by atoms with Crippen LogP contribution in [0.5, 0.6) is 0 Å². The van der Waals surface area contributed by atoms with E-state index in [4.69, 9.17) is 5.73 Å². The first-order valence-corrected chi connectivity index (χ1v) is 8.49. The summed E-state index contributed by atoms with van der Waals surface area (Å²) in [5.41, 5.74) is 5.61. The predicted molar refractivity (Wildman–Crippen MR) is 95.4 cm³/mol. The summed E-state index contributed by atoms with van der Waals surface area (Å²) >= 11 is 1.60. The molecule has 2 rings (SSSR count). The summed E-state index contributed by atoms with van der Waals surface area (Å²) in [6, 6.07) is 6.20. The molecule has 0 radical (unpaired) electrons. The fourth-order valence-corrected chi connectivity index (χ4v) is 2.51. The maximum absolute atomic E-state index is 12.9. The number of hydrogen-bond donors (Lipinski definition) is 2. The number of alkyl halides is 3. The standard InChI is InChI=1S/C15H17F3N4OS.ClH/c1-24-9-7-12(19)14(23)21-10-2-4-11(5-3-10)22-13(6-8-20-22)15(16,17)18;/h2-6,8,12H,7,9,19H2,1H3,(H,21,23);1H/t12-;/m0./s1. The first kappa shape index (κ1) is 21.3. The van der Waals surface area contributed by atoms with Gasteiger partial charge in [-0.05, 0) is 48.8 Å². The Bertz CT molecular complexity index is 691. The van der Waals surface area contributed by atoms with Crippen LogP contribution in [-0.2, 0) is 11.0 Å². The van der Waals surface area contributed by atoms with Gasteiger partial charge in [-0.15, -0.1) is 12.4 Å². The molecule has 0 unspecified atom stereocenters. The highest BCUT2D eigenvalue weighted by Gasteiger charge is 2.35. The van der Waals surface area contributed by atoms with E-state index in [1.807, 2.05) is 6.26 Å². The van der Waals surface area contributed by atoms with Crippen molar-refractivity contribution >= 4 is 35.8 Å². The highest BCUT2D eigenvalue weighted by molar-refractivity contribution is 7.98. The third kappa shape index (κ3) is 5.65. The fourth-order valence-electron chi connectivity index (χ4n) is 2.02. The van der Waals surface area contributed by atoms with Crippen LogP contribution in [0, 0.1) is 0 Å². The van der Waals surface area contributed by atoms with E-state index in [1.54, 1.807) is 11.8 Å². The summed E-state index contributed by atoms with van der Waals surface area (Å²) in [7, 11) is 0. The SMILES string of the molecule is CSCC[C@H](N)C(=O)Nc1ccc(-n2nccc2C(F)(F)F)cc1.Cl. The van der Waals surface area contributed by atoms with E-state index >= 15 is 0 Å². The van der Waals surface area contributed by atoms with E-state index in [9.17, 15) is 18.0 Å². The van der Waals surface area contributed by atoms with Gasteiger partial charge in [0, 0.05) is 5.69 Å². The molecule has 0 aliphatic rings. The van der Waals surface area contributed by atoms with Gasteiger partial charge < -0.3 is 11.1 Å². The Morgan fingerprint density at radius 3 is 2.52 bits per heavy atom. The smallest absolute Gasteiger partial charge is 0.325 e. The van der Waals surface area contributed by atoms with Gasteiger partial charge in [0.25, 0.3) is 0 Å². The van der Waals surface area contributed by atoms with Gasteiger partial charge in [0.1, 0.15) is 5.69 Å². The Morgan fingerprint density at radius 2 is 1.96 bits per heavy atom. The van der Waals surface area contributed by atoms with E-state index < -0.39 is 17.9 Å². The molecule has 0 saturated carbocycles. The quantitative estimate of drug-likeness (QED) is 0.788. The van der Waals surface area contributed by atoms with Crippen molar-refractivity contribution in [3.05, 3.63) is 42.2 Å². The van der Waals surface area contributed by atoms with Crippen LogP contribution in [0.1, 0.15) is 12.1 Å². The molecule has 2 aromatic rings. The molecule has 0 bridgehead atoms. The number of thioether (sulfide) groups is 1. The zero-order valence-electron chi connectivity index (χ0n) is 13.3. The second kappa shape index (κ2) is 9.12. The molecule has 138 valence electrons. The van der Waals surface area contributed by atoms with Gasteiger partial charge >= 0.3 is 6.18 Å². The Balaban J connectivity index is 0.00000312. The third-order valence-electron chi connectivity index (χ3n) is 3.28. The van der Waals surface area contributed by atoms with Gasteiger partial charge in [0.05, 0.1) is 17.9 Å². The number of carbonyl (C=O) groups is 1. The Kier molecular flexibility index (Phi) is 7.78. The second-order valence-electron chi connectivity index (χ2n) is 5.05. The molecule has 0 saturated heterocycles. The lowest BCUT2D eigenvalue weighted by Gasteiger charge is -2.13. The average Bonchev–Trinajstić information content (AvgIpc) is 3.03. The van der Waals surface area contributed by atoms with Crippen LogP contribution in [0.2, 0.25) is 0 Å². The molecule has 1 atom stereocenters. The largest absolute Gasteiger partial charge is 0.433 e. The zero-order chi connectivity index (χ0) is 17.7. The molecule has 1 amide bonds. The van der Waals surface area contributed by atoms with Gasteiger partial charge in [0.15, 0.2) is 0 Å². The molecular formula is C15H18ClF3N4OS. The fraction of sp³-hybridized carbons (Fsp3) is 0.333. The van der Waals surface area contributed by atoms with Crippen molar-refractivity contribution in [2.24, 2.45) is 5.73 Å². The van der Waals surface area contributed by atoms with Crippen LogP contribution in [0.15, 0.2) is 36.5 Å². The maximum Gasteiger partial charge on any atom is 0.433 e. The minimum atomic E-state index is -4.49. The van der Waals surface area contributed by atoms with Crippen molar-refractivity contribution in [2.75, 3.05) is 17.3 Å². The monoisotopic (exact) mass is 394 g/mol. The summed E-state index contributed by atoms with van der Waals surface area (Å²) in [6.07, 6.45) is -0.933. The predicted octanol–water partition coefficient (Wildman–Crippen LogP) is 3.33. The molecule has 25 heavy (non-hydrogen) atoms. The minimum absolute atomic E-state index is 0. The number of halogens is 4. The van der Waals surface area contributed by atoms with Gasteiger partial charge in [-0.3, -0.25) is 4.79 Å². The number of nitrogens with two attached hydrogens (primary N) is 1. The molecule has 5 nitrogen and oxygen atoms in total. The van der Waals surface area contributed by atoms with Gasteiger partial charge in [-0.2, -0.15) is 30.0 Å². The number of aromatic nitrogens is 2. The third-order valence-corrected chi connectivity index (χ3v) is 3.93. The maximum atomic E-state index is 12.9. The van der Waals surface area contributed by atoms with E-state index in [-0.39, 0.29) is 24.0 Å². The second-order valence-corrected chi connectivity index (χ2v) is 6.04. The lowest BCUT2D eigenvalue weighted by Crippen LogP contribution is -2.36. The van der Waals surface area contributed by atoms with Crippen LogP contribution in [0.3, 0.4) is 0 Å². The summed E-state index contributed by atoms with van der Waals surface area (Å²) < 4.78 is 39.4. The number of amides is 1. The normalized spacial score (nSPS) is 12.4. The van der Waals surface area contributed by atoms with Crippen LogP contribution in [-0.4, -0.2) is 33.7 Å². The van der Waals surface area contributed by atoms with Crippen molar-refractivity contribution in [1.82, 2.24) is 9.78 Å². The molecular weight excluding hydrogens is 377 g/mol. The van der Waals surface area contributed by atoms with E-state index in [2.05, 4.69) is 10.4 Å². The number of rotatable bonds is 6. The van der Waals surface area contributed by atoms with Crippen LogP contribution >= 0.6 is 24.2 Å². The number of nitrogens with one attached hydrogen (secondary N) is 1. The minimum Gasteiger partial charge on any atom is -0.325 e. The molecule has 0 aliphatic carbocycles. The van der Waals surface area contributed by atoms with Gasteiger partial charge in [-0.25, -0.2) is 4.68 Å². The molecule has 0 aliphatic heterocycles. The average molecular weight is 395 g/mol. The lowest BCUT2D eigenvalue weighted by molar-refractivity contribution is -0.142. The number of carbonyl (C=O) groups excluding carboxylic acids is 1. The number of anilines is 1. The molecule has 1 heterocycles. The molecule has 1 aromatic heterocycles. The van der Waals surface area contributed by atoms with Crippen molar-refractivity contribution < 1.29 is 18.0 Å². The van der Waals surface area contributed by atoms with Crippen molar-refractivity contribution in [3.63, 3.8) is 0 Å². The number of nitrogens with zero attached hydrogens (tertiary/aromatic N) is 2. The Hall–Kier alpha value is -1.71. The first-order valence-electron chi connectivity index (χ1n) is 7.10. The Morgan fingerprint density at radius 1 is 1.32 bits per heavy atom. The van der Waals surface area contributed by atoms with E-state index in [1.165, 1.54) is 24.3 Å². The van der Waals surface area contributed by atoms with E-state index in [0.717, 1.165) is 22.7 Å². The topological polar surface area (TPSA) is 72.9 Å². The summed E-state index contributed by atoms with van der Waals surface area (Å²) in [5.74, 6) is 0.444. The summed E-state index contributed by atoms with van der Waals surface area (Å²) in [6.45, 7) is 0.